The monoisotopic (exact) mass is 452 g/mol. The summed E-state index contributed by atoms with van der Waals surface area (Å²) < 4.78 is 25.1. The highest BCUT2D eigenvalue weighted by Gasteiger charge is 2.15. The van der Waals surface area contributed by atoms with Crippen molar-refractivity contribution in [2.45, 2.75) is 46.8 Å². The molecule has 0 atom stereocenters. The molecule has 6 heteroatoms. The van der Waals surface area contributed by atoms with Crippen LogP contribution in [0.2, 0.25) is 0 Å². The molecule has 0 aliphatic heterocycles. The maximum Gasteiger partial charge on any atom is 0.286 e. The molecular weight excluding hydrogens is 419 g/mol. The molecule has 0 fully saturated rings. The highest BCUT2D eigenvalue weighted by atomic mass is 19.1. The molecule has 0 unspecified atom stereocenters. The number of hydrogen-bond acceptors (Lipinski definition) is 4. The van der Waals surface area contributed by atoms with Crippen LogP contribution in [-0.2, 0) is 19.6 Å². The lowest BCUT2D eigenvalue weighted by Crippen LogP contribution is -2.25. The van der Waals surface area contributed by atoms with Gasteiger partial charge in [0.2, 0.25) is 0 Å². The zero-order chi connectivity index (χ0) is 23.6. The van der Waals surface area contributed by atoms with Crippen molar-refractivity contribution in [2.24, 2.45) is 5.92 Å². The number of nitrogens with one attached hydrogen (secondary N) is 1. The van der Waals surface area contributed by atoms with E-state index in [0.29, 0.717) is 50.2 Å². The van der Waals surface area contributed by atoms with Crippen molar-refractivity contribution in [3.8, 4) is 5.75 Å². The van der Waals surface area contributed by atoms with Crippen molar-refractivity contribution >= 4 is 5.91 Å². The number of halogens is 1. The topological polar surface area (TPSA) is 54.7 Å². The quantitative estimate of drug-likeness (QED) is 0.378. The Morgan fingerprint density at radius 3 is 2.48 bits per heavy atom. The van der Waals surface area contributed by atoms with E-state index in [0.717, 1.165) is 23.3 Å². The summed E-state index contributed by atoms with van der Waals surface area (Å²) in [7, 11) is 0. The van der Waals surface area contributed by atoms with E-state index >= 15 is 0 Å². The van der Waals surface area contributed by atoms with E-state index in [9.17, 15) is 9.18 Å². The number of carbonyl (C=O) groups excluding carboxylic acids is 1. The van der Waals surface area contributed by atoms with E-state index in [2.05, 4.69) is 24.1 Å². The molecule has 0 aliphatic rings. The van der Waals surface area contributed by atoms with Gasteiger partial charge in [-0.15, -0.1) is 0 Å². The Hall–Kier alpha value is -3.12. The Morgan fingerprint density at radius 2 is 1.79 bits per heavy atom. The Balaban J connectivity index is 1.70. The van der Waals surface area contributed by atoms with Gasteiger partial charge in [0, 0.05) is 19.6 Å². The molecule has 33 heavy (non-hydrogen) atoms. The van der Waals surface area contributed by atoms with E-state index in [1.807, 2.05) is 43.3 Å². The minimum absolute atomic E-state index is 0.204. The van der Waals surface area contributed by atoms with E-state index in [1.54, 1.807) is 18.2 Å². The van der Waals surface area contributed by atoms with Crippen LogP contribution in [0.15, 0.2) is 65.1 Å². The van der Waals surface area contributed by atoms with Crippen LogP contribution in [0.25, 0.3) is 0 Å². The Labute approximate surface area is 195 Å². The maximum absolute atomic E-state index is 13.7. The molecule has 176 valence electrons. The first-order chi connectivity index (χ1) is 15.9. The lowest BCUT2D eigenvalue weighted by atomic mass is 10.1. The standard InChI is InChI=1S/C27H33FN2O3/c1-4-32-24-10-8-21(9-11-24)17-30(18-22-6-5-7-23(28)16-22)19-25-12-13-26(33-25)27(31)29-15-14-20(2)3/h5-13,16,20H,4,14-15,17-19H2,1-3H3,(H,29,31). The third-order valence-electron chi connectivity index (χ3n) is 5.21. The molecule has 1 heterocycles. The van der Waals surface area contributed by atoms with Gasteiger partial charge in [0.15, 0.2) is 5.76 Å². The zero-order valence-electron chi connectivity index (χ0n) is 19.6. The second kappa shape index (κ2) is 12.2. The predicted molar refractivity (Wildman–Crippen MR) is 127 cm³/mol. The molecule has 1 amide bonds. The van der Waals surface area contributed by atoms with Gasteiger partial charge in [-0.2, -0.15) is 0 Å². The van der Waals surface area contributed by atoms with Crippen molar-refractivity contribution < 1.29 is 18.3 Å². The van der Waals surface area contributed by atoms with Crippen molar-refractivity contribution in [3.63, 3.8) is 0 Å². The van der Waals surface area contributed by atoms with Crippen LogP contribution in [-0.4, -0.2) is 24.0 Å². The number of benzene rings is 2. The van der Waals surface area contributed by atoms with Gasteiger partial charge in [-0.3, -0.25) is 9.69 Å². The number of carbonyl (C=O) groups is 1. The van der Waals surface area contributed by atoms with Crippen LogP contribution < -0.4 is 10.1 Å². The van der Waals surface area contributed by atoms with Gasteiger partial charge >= 0.3 is 0 Å². The molecule has 0 saturated carbocycles. The van der Waals surface area contributed by atoms with Gasteiger partial charge in [0.25, 0.3) is 5.91 Å². The summed E-state index contributed by atoms with van der Waals surface area (Å²) in [5.74, 6) is 1.89. The van der Waals surface area contributed by atoms with E-state index < -0.39 is 0 Å². The predicted octanol–water partition coefficient (Wildman–Crippen LogP) is 5.80. The maximum atomic E-state index is 13.7. The van der Waals surface area contributed by atoms with Gasteiger partial charge in [-0.25, -0.2) is 4.39 Å². The minimum Gasteiger partial charge on any atom is -0.494 e. The Kier molecular flexibility index (Phi) is 9.07. The second-order valence-electron chi connectivity index (χ2n) is 8.56. The lowest BCUT2D eigenvalue weighted by Gasteiger charge is -2.22. The first kappa shape index (κ1) is 24.5. The van der Waals surface area contributed by atoms with Gasteiger partial charge in [-0.1, -0.05) is 38.1 Å². The number of ether oxygens (including phenoxy) is 1. The normalized spacial score (nSPS) is 11.2. The van der Waals surface area contributed by atoms with E-state index in [1.165, 1.54) is 6.07 Å². The summed E-state index contributed by atoms with van der Waals surface area (Å²) in [6, 6.07) is 18.1. The van der Waals surface area contributed by atoms with E-state index in [4.69, 9.17) is 9.15 Å². The van der Waals surface area contributed by atoms with Gasteiger partial charge in [0.1, 0.15) is 17.3 Å². The largest absolute Gasteiger partial charge is 0.494 e. The minimum atomic E-state index is -0.258. The lowest BCUT2D eigenvalue weighted by molar-refractivity contribution is 0.0919. The smallest absolute Gasteiger partial charge is 0.286 e. The van der Waals surface area contributed by atoms with Crippen molar-refractivity contribution in [2.75, 3.05) is 13.2 Å². The fourth-order valence-corrected chi connectivity index (χ4v) is 3.54. The molecule has 0 radical (unpaired) electrons. The number of amides is 1. The molecule has 5 nitrogen and oxygen atoms in total. The van der Waals surface area contributed by atoms with Crippen LogP contribution in [0.4, 0.5) is 4.39 Å². The molecule has 3 rings (SSSR count). The summed E-state index contributed by atoms with van der Waals surface area (Å²) in [4.78, 5) is 14.5. The van der Waals surface area contributed by atoms with Crippen LogP contribution in [0.1, 0.15) is 54.6 Å². The molecule has 1 aromatic heterocycles. The molecule has 0 spiro atoms. The second-order valence-corrected chi connectivity index (χ2v) is 8.56. The fraction of sp³-hybridized carbons (Fsp3) is 0.370. The Bertz CT molecular complexity index is 1010. The zero-order valence-corrected chi connectivity index (χ0v) is 19.6. The number of hydrogen-bond donors (Lipinski definition) is 1. The van der Waals surface area contributed by atoms with Crippen molar-refractivity contribution in [1.29, 1.82) is 0 Å². The average molecular weight is 453 g/mol. The molecule has 0 aliphatic carbocycles. The van der Waals surface area contributed by atoms with Crippen molar-refractivity contribution in [1.82, 2.24) is 10.2 Å². The van der Waals surface area contributed by atoms with Gasteiger partial charge < -0.3 is 14.5 Å². The van der Waals surface area contributed by atoms with Crippen molar-refractivity contribution in [3.05, 3.63) is 89.1 Å². The summed E-state index contributed by atoms with van der Waals surface area (Å²) in [5.41, 5.74) is 1.98. The molecule has 3 aromatic rings. The van der Waals surface area contributed by atoms with Crippen LogP contribution >= 0.6 is 0 Å². The van der Waals surface area contributed by atoms with Crippen LogP contribution in [0, 0.1) is 11.7 Å². The third kappa shape index (κ3) is 8.06. The number of furan rings is 1. The number of rotatable bonds is 12. The van der Waals surface area contributed by atoms with Gasteiger partial charge in [0.05, 0.1) is 13.2 Å². The number of nitrogens with zero attached hydrogens (tertiary/aromatic N) is 1. The SMILES string of the molecule is CCOc1ccc(CN(Cc2cccc(F)c2)Cc2ccc(C(=O)NCCC(C)C)o2)cc1. The van der Waals surface area contributed by atoms with Crippen LogP contribution in [0.5, 0.6) is 5.75 Å². The summed E-state index contributed by atoms with van der Waals surface area (Å²) in [6.07, 6.45) is 0.919. The highest BCUT2D eigenvalue weighted by Crippen LogP contribution is 2.19. The summed E-state index contributed by atoms with van der Waals surface area (Å²) in [5, 5.41) is 2.90. The fourth-order valence-electron chi connectivity index (χ4n) is 3.54. The third-order valence-corrected chi connectivity index (χ3v) is 5.21. The first-order valence-corrected chi connectivity index (χ1v) is 11.5. The molecule has 0 bridgehead atoms. The molecular formula is C27H33FN2O3. The van der Waals surface area contributed by atoms with Crippen LogP contribution in [0.3, 0.4) is 0 Å². The van der Waals surface area contributed by atoms with Gasteiger partial charge in [-0.05, 0) is 66.8 Å². The molecule has 2 aromatic carbocycles. The average Bonchev–Trinajstić information content (AvgIpc) is 3.23. The summed E-state index contributed by atoms with van der Waals surface area (Å²) >= 11 is 0. The van der Waals surface area contributed by atoms with E-state index in [-0.39, 0.29) is 11.7 Å². The molecule has 0 saturated heterocycles. The Morgan fingerprint density at radius 1 is 1.03 bits per heavy atom. The molecule has 1 N–H and O–H groups in total. The first-order valence-electron chi connectivity index (χ1n) is 11.5. The highest BCUT2D eigenvalue weighted by molar-refractivity contribution is 5.91. The summed E-state index contributed by atoms with van der Waals surface area (Å²) in [6.45, 7) is 9.11.